The normalized spacial score (nSPS) is 14.9. The molecule has 3 heterocycles. The summed E-state index contributed by atoms with van der Waals surface area (Å²) >= 11 is 1.40. The number of amides is 2. The molecule has 2 aliphatic rings. The molecular weight excluding hydrogens is 600 g/mol. The Labute approximate surface area is 261 Å². The van der Waals surface area contributed by atoms with E-state index in [1.165, 1.54) is 82.7 Å². The number of anilines is 2. The van der Waals surface area contributed by atoms with Crippen LogP contribution in [-0.2, 0) is 4.79 Å². The van der Waals surface area contributed by atoms with E-state index in [2.05, 4.69) is 15.6 Å². The summed E-state index contributed by atoms with van der Waals surface area (Å²) in [6.07, 6.45) is 5.35. The molecule has 12 heteroatoms. The highest BCUT2D eigenvalue weighted by atomic mass is 32.2. The van der Waals surface area contributed by atoms with Gasteiger partial charge in [0.25, 0.3) is 11.5 Å². The number of aromatic nitrogens is 2. The lowest BCUT2D eigenvalue weighted by Crippen LogP contribution is -2.30. The van der Waals surface area contributed by atoms with Crippen LogP contribution in [0.2, 0.25) is 0 Å². The molecule has 4 aromatic rings. The quantitative estimate of drug-likeness (QED) is 0.217. The number of thioether (sulfide) groups is 1. The molecule has 9 nitrogen and oxygen atoms in total. The van der Waals surface area contributed by atoms with Crippen molar-refractivity contribution in [3.63, 3.8) is 0 Å². The highest BCUT2D eigenvalue weighted by Crippen LogP contribution is 2.55. The standard InChI is InChI=1S/C33H27F2N5O4S/c1-39(2)13-3-4-30(41)38-29-16-23(11-12-36-29)44-28-10-7-21(15-27(28)35)37-31(42)26-17-25-24-14-19(24)18-45-33(25)40(32(26)43)22-8-5-20(34)6-9-22/h3-12,15-18,24H,13-14H2,1-2H3,(H,37,42)(H,36,38,41). The van der Waals surface area contributed by atoms with Gasteiger partial charge in [0.1, 0.15) is 22.9 Å². The minimum Gasteiger partial charge on any atom is -0.454 e. The van der Waals surface area contributed by atoms with Crippen molar-refractivity contribution in [2.24, 2.45) is 0 Å². The number of fused-ring (bicyclic) bond motifs is 3. The van der Waals surface area contributed by atoms with Crippen molar-refractivity contribution in [2.75, 3.05) is 31.3 Å². The molecule has 1 unspecified atom stereocenters. The van der Waals surface area contributed by atoms with Crippen LogP contribution in [0, 0.1) is 11.6 Å². The molecule has 0 bridgehead atoms. The molecular formula is C33H27F2N5O4S. The average Bonchev–Trinajstić information content (AvgIpc) is 3.79. The zero-order valence-corrected chi connectivity index (χ0v) is 25.0. The first-order valence-corrected chi connectivity index (χ1v) is 14.8. The summed E-state index contributed by atoms with van der Waals surface area (Å²) in [4.78, 5) is 45.1. The van der Waals surface area contributed by atoms with Gasteiger partial charge in [0.15, 0.2) is 11.6 Å². The van der Waals surface area contributed by atoms with Crippen molar-refractivity contribution in [3.05, 3.63) is 123 Å². The summed E-state index contributed by atoms with van der Waals surface area (Å²) in [5.41, 5.74) is 1.93. The van der Waals surface area contributed by atoms with Crippen LogP contribution < -0.4 is 20.9 Å². The fourth-order valence-corrected chi connectivity index (χ4v) is 5.95. The van der Waals surface area contributed by atoms with E-state index < -0.39 is 23.1 Å². The van der Waals surface area contributed by atoms with Crippen molar-refractivity contribution in [3.8, 4) is 17.2 Å². The van der Waals surface area contributed by atoms with Gasteiger partial charge in [-0.15, -0.1) is 0 Å². The Bertz CT molecular complexity index is 1940. The molecule has 1 saturated carbocycles. The summed E-state index contributed by atoms with van der Waals surface area (Å²) in [6.45, 7) is 0.596. The van der Waals surface area contributed by atoms with Crippen LogP contribution in [0.3, 0.4) is 0 Å². The van der Waals surface area contributed by atoms with E-state index >= 15 is 4.39 Å². The molecule has 6 rings (SSSR count). The Kier molecular flexibility index (Phi) is 8.33. The van der Waals surface area contributed by atoms with Crippen LogP contribution in [0.1, 0.15) is 28.3 Å². The summed E-state index contributed by atoms with van der Waals surface area (Å²) < 4.78 is 35.8. The number of rotatable bonds is 9. The van der Waals surface area contributed by atoms with Crippen molar-refractivity contribution in [1.29, 1.82) is 0 Å². The summed E-state index contributed by atoms with van der Waals surface area (Å²) in [5.74, 6) is -1.84. The van der Waals surface area contributed by atoms with Gasteiger partial charge in [-0.05, 0) is 80.0 Å². The van der Waals surface area contributed by atoms with Crippen molar-refractivity contribution in [2.45, 2.75) is 17.4 Å². The lowest BCUT2D eigenvalue weighted by molar-refractivity contribution is -0.111. The van der Waals surface area contributed by atoms with Gasteiger partial charge in [-0.1, -0.05) is 23.4 Å². The third-order valence-corrected chi connectivity index (χ3v) is 8.14. The molecule has 1 atom stereocenters. The summed E-state index contributed by atoms with van der Waals surface area (Å²) in [7, 11) is 3.76. The van der Waals surface area contributed by atoms with Gasteiger partial charge in [0, 0.05) is 48.2 Å². The number of likely N-dealkylation sites (N-methyl/N-ethyl adjacent to an activating group) is 1. The maximum Gasteiger partial charge on any atom is 0.268 e. The van der Waals surface area contributed by atoms with Crippen LogP contribution in [0.25, 0.3) is 5.69 Å². The zero-order chi connectivity index (χ0) is 31.7. The average molecular weight is 628 g/mol. The Hall–Kier alpha value is -5.07. The number of carbonyl (C=O) groups excluding carboxylic acids is 2. The molecule has 1 aliphatic heterocycles. The van der Waals surface area contributed by atoms with E-state index in [0.717, 1.165) is 18.1 Å². The second kappa shape index (κ2) is 12.5. The Balaban J connectivity index is 1.19. The van der Waals surface area contributed by atoms with Crippen molar-refractivity contribution in [1.82, 2.24) is 14.5 Å². The predicted molar refractivity (Wildman–Crippen MR) is 168 cm³/mol. The van der Waals surface area contributed by atoms with Crippen LogP contribution in [-0.4, -0.2) is 46.9 Å². The zero-order valence-electron chi connectivity index (χ0n) is 24.2. The number of carbonyl (C=O) groups is 2. The van der Waals surface area contributed by atoms with E-state index in [0.29, 0.717) is 17.3 Å². The predicted octanol–water partition coefficient (Wildman–Crippen LogP) is 6.09. The molecule has 0 spiro atoms. The number of hydrogen-bond donors (Lipinski definition) is 2. The van der Waals surface area contributed by atoms with Gasteiger partial charge < -0.3 is 20.3 Å². The van der Waals surface area contributed by atoms with Crippen LogP contribution in [0.5, 0.6) is 11.5 Å². The molecule has 1 fully saturated rings. The molecule has 45 heavy (non-hydrogen) atoms. The van der Waals surface area contributed by atoms with Gasteiger partial charge in [-0.2, -0.15) is 0 Å². The number of pyridine rings is 2. The summed E-state index contributed by atoms with van der Waals surface area (Å²) in [6, 6.07) is 13.9. The number of ether oxygens (including phenoxy) is 1. The van der Waals surface area contributed by atoms with E-state index in [1.807, 2.05) is 24.4 Å². The fourth-order valence-electron chi connectivity index (χ4n) is 4.79. The third kappa shape index (κ3) is 6.71. The lowest BCUT2D eigenvalue weighted by atomic mass is 10.1. The Morgan fingerprint density at radius 2 is 1.89 bits per heavy atom. The van der Waals surface area contributed by atoms with Gasteiger partial charge >= 0.3 is 0 Å². The van der Waals surface area contributed by atoms with E-state index in [4.69, 9.17) is 4.74 Å². The first kappa shape index (κ1) is 30.0. The van der Waals surface area contributed by atoms with E-state index in [1.54, 1.807) is 12.1 Å². The number of halogens is 2. The Morgan fingerprint density at radius 1 is 1.09 bits per heavy atom. The maximum absolute atomic E-state index is 15.1. The highest BCUT2D eigenvalue weighted by Gasteiger charge is 2.38. The molecule has 2 aromatic heterocycles. The second-order valence-electron chi connectivity index (χ2n) is 10.7. The van der Waals surface area contributed by atoms with Crippen LogP contribution >= 0.6 is 11.8 Å². The largest absolute Gasteiger partial charge is 0.454 e. The SMILES string of the molecule is CN(C)CC=CC(=O)Nc1cc(Oc2ccc(NC(=O)c3cc4c(n(-c5ccc(F)cc5)c3=O)SC=C3CC34)cc2F)ccn1. The number of nitrogens with one attached hydrogen (secondary N) is 2. The highest BCUT2D eigenvalue weighted by molar-refractivity contribution is 8.02. The maximum atomic E-state index is 15.1. The molecule has 1 aliphatic carbocycles. The third-order valence-electron chi connectivity index (χ3n) is 7.08. The minimum absolute atomic E-state index is 0.115. The molecule has 0 saturated heterocycles. The number of hydrogen-bond acceptors (Lipinski definition) is 7. The number of nitrogens with zero attached hydrogens (tertiary/aromatic N) is 3. The van der Waals surface area contributed by atoms with Crippen molar-refractivity contribution < 1.29 is 23.1 Å². The Morgan fingerprint density at radius 3 is 2.64 bits per heavy atom. The molecule has 2 N–H and O–H groups in total. The lowest BCUT2D eigenvalue weighted by Gasteiger charge is -2.19. The van der Waals surface area contributed by atoms with Gasteiger partial charge in [0.05, 0.1) is 5.03 Å². The smallest absolute Gasteiger partial charge is 0.268 e. The van der Waals surface area contributed by atoms with Crippen LogP contribution in [0.15, 0.2) is 99.8 Å². The topological polar surface area (TPSA) is 106 Å². The molecule has 0 radical (unpaired) electrons. The van der Waals surface area contributed by atoms with Gasteiger partial charge in [-0.3, -0.25) is 19.0 Å². The first-order chi connectivity index (χ1) is 21.7. The second-order valence-corrected chi connectivity index (χ2v) is 11.6. The van der Waals surface area contributed by atoms with E-state index in [9.17, 15) is 18.8 Å². The van der Waals surface area contributed by atoms with Gasteiger partial charge in [-0.25, -0.2) is 13.8 Å². The van der Waals surface area contributed by atoms with Gasteiger partial charge in [0.2, 0.25) is 5.91 Å². The minimum atomic E-state index is -0.764. The number of benzene rings is 2. The van der Waals surface area contributed by atoms with Crippen LogP contribution in [0.4, 0.5) is 20.3 Å². The fraction of sp³-hybridized carbons (Fsp3) is 0.152. The number of allylic oxidation sites excluding steroid dienone is 1. The van der Waals surface area contributed by atoms with E-state index in [-0.39, 0.29) is 40.4 Å². The summed E-state index contributed by atoms with van der Waals surface area (Å²) in [5, 5.41) is 7.92. The first-order valence-electron chi connectivity index (χ1n) is 13.9. The molecule has 2 amide bonds. The van der Waals surface area contributed by atoms with Crippen molar-refractivity contribution >= 4 is 35.1 Å². The molecule has 2 aromatic carbocycles. The monoisotopic (exact) mass is 627 g/mol. The molecule has 228 valence electrons.